The maximum atomic E-state index is 12.1. The lowest BCUT2D eigenvalue weighted by molar-refractivity contribution is -0.147. The Morgan fingerprint density at radius 3 is 1.84 bits per heavy atom. The molecule has 6 heteroatoms. The normalized spacial score (nSPS) is 13.1. The van der Waals surface area contributed by atoms with E-state index in [1.165, 1.54) is 48.1 Å². The number of hydrogen-bond acceptors (Lipinski definition) is 5. The summed E-state index contributed by atoms with van der Waals surface area (Å²) in [5, 5.41) is 19.2. The Morgan fingerprint density at radius 2 is 1.25 bits per heavy atom. The van der Waals surface area contributed by atoms with Crippen LogP contribution in [0.15, 0.2) is 58.7 Å². The van der Waals surface area contributed by atoms with E-state index in [1.807, 2.05) is 6.92 Å². The van der Waals surface area contributed by atoms with Crippen molar-refractivity contribution in [3.63, 3.8) is 0 Å². The summed E-state index contributed by atoms with van der Waals surface area (Å²) in [6, 6.07) is 3.02. The third-order valence-electron chi connectivity index (χ3n) is 7.73. The van der Waals surface area contributed by atoms with Crippen molar-refractivity contribution in [1.82, 2.24) is 0 Å². The zero-order valence-electron chi connectivity index (χ0n) is 28.1. The van der Waals surface area contributed by atoms with Crippen LogP contribution in [0.4, 0.5) is 0 Å². The predicted molar refractivity (Wildman–Crippen MR) is 192 cm³/mol. The zero-order valence-corrected chi connectivity index (χ0v) is 30.3. The molecule has 0 amide bonds. The van der Waals surface area contributed by atoms with E-state index in [9.17, 15) is 19.8 Å². The van der Waals surface area contributed by atoms with Crippen LogP contribution < -0.4 is 0 Å². The van der Waals surface area contributed by atoms with E-state index in [1.54, 1.807) is 0 Å². The van der Waals surface area contributed by atoms with E-state index >= 15 is 0 Å². The molecule has 1 aromatic carbocycles. The van der Waals surface area contributed by atoms with E-state index < -0.39 is 0 Å². The van der Waals surface area contributed by atoms with Crippen LogP contribution in [0.1, 0.15) is 131 Å². The minimum atomic E-state index is -0.351. The van der Waals surface area contributed by atoms with Crippen molar-refractivity contribution in [3.05, 3.63) is 67.9 Å². The van der Waals surface area contributed by atoms with Crippen LogP contribution in [0.25, 0.3) is 0 Å². The van der Waals surface area contributed by atoms with Gasteiger partial charge in [0.05, 0.1) is 0 Å². The van der Waals surface area contributed by atoms with Crippen molar-refractivity contribution in [1.29, 1.82) is 0 Å². The number of halogens is 1. The second kappa shape index (κ2) is 23.1. The third kappa shape index (κ3) is 19.8. The molecule has 1 aromatic rings. The molecule has 44 heavy (non-hydrogen) atoms. The number of carbonyl (C=O) groups is 2. The molecular formula is C38H57IO5. The lowest BCUT2D eigenvalue weighted by Crippen LogP contribution is -2.14. The molecule has 0 saturated carbocycles. The highest BCUT2D eigenvalue weighted by Gasteiger charge is 2.10. The van der Waals surface area contributed by atoms with Crippen LogP contribution in [-0.2, 0) is 20.7 Å². The number of aromatic hydroxyl groups is 2. The molecule has 0 bridgehead atoms. The molecule has 246 valence electrons. The summed E-state index contributed by atoms with van der Waals surface area (Å²) in [6.07, 6.45) is 22.0. The molecule has 0 fully saturated rings. The van der Waals surface area contributed by atoms with Gasteiger partial charge in [0.25, 0.3) is 0 Å². The van der Waals surface area contributed by atoms with Crippen LogP contribution in [-0.4, -0.2) is 28.6 Å². The van der Waals surface area contributed by atoms with Gasteiger partial charge in [-0.2, -0.15) is 0 Å². The van der Waals surface area contributed by atoms with Crippen LogP contribution in [0.3, 0.4) is 0 Å². The zero-order chi connectivity index (χ0) is 32.9. The third-order valence-corrected chi connectivity index (χ3v) is 8.73. The Morgan fingerprint density at radius 1 is 0.727 bits per heavy atom. The molecule has 0 aliphatic heterocycles. The van der Waals surface area contributed by atoms with Gasteiger partial charge in [-0.15, -0.1) is 0 Å². The predicted octanol–water partition coefficient (Wildman–Crippen LogP) is 10.9. The lowest BCUT2D eigenvalue weighted by atomic mass is 10.0. The van der Waals surface area contributed by atoms with Gasteiger partial charge in [-0.05, 0) is 145 Å². The van der Waals surface area contributed by atoms with Crippen LogP contribution in [0, 0.1) is 9.49 Å². The van der Waals surface area contributed by atoms with Crippen molar-refractivity contribution in [2.45, 2.75) is 131 Å². The minimum absolute atomic E-state index is 0.119. The Labute approximate surface area is 281 Å². The average Bonchev–Trinajstić information content (AvgIpc) is 2.95. The first kappa shape index (κ1) is 39.7. The molecule has 0 spiro atoms. The van der Waals surface area contributed by atoms with Crippen molar-refractivity contribution in [3.8, 4) is 11.5 Å². The van der Waals surface area contributed by atoms with Gasteiger partial charge in [0.2, 0.25) is 0 Å². The monoisotopic (exact) mass is 720 g/mol. The number of Topliss-reactive ketones (excluding diaryl/α,β-unsaturated/α-hetero) is 1. The van der Waals surface area contributed by atoms with E-state index in [0.29, 0.717) is 25.7 Å². The summed E-state index contributed by atoms with van der Waals surface area (Å²) in [6.45, 7) is 13.1. The molecule has 0 radical (unpaired) electrons. The minimum Gasteiger partial charge on any atom is -0.504 e. The number of phenols is 2. The number of carbonyl (C=O) groups excluding carboxylic acids is 2. The van der Waals surface area contributed by atoms with Gasteiger partial charge in [0, 0.05) is 16.4 Å². The Balaban J connectivity index is 2.19. The summed E-state index contributed by atoms with van der Waals surface area (Å²) >= 11 is 2.09. The van der Waals surface area contributed by atoms with Gasteiger partial charge in [0.15, 0.2) is 17.3 Å². The van der Waals surface area contributed by atoms with Crippen LogP contribution >= 0.6 is 22.6 Å². The number of phenolic OH excluding ortho intramolecular Hbond substituents is 2. The van der Waals surface area contributed by atoms with Crippen molar-refractivity contribution >= 4 is 34.3 Å². The molecule has 2 N–H and O–H groups in total. The van der Waals surface area contributed by atoms with E-state index in [4.69, 9.17) is 4.74 Å². The topological polar surface area (TPSA) is 83.8 Å². The molecule has 1 rings (SSSR count). The van der Waals surface area contributed by atoms with E-state index in [-0.39, 0.29) is 36.3 Å². The first-order valence-corrected chi connectivity index (χ1v) is 17.4. The highest BCUT2D eigenvalue weighted by Crippen LogP contribution is 2.30. The number of benzene rings is 1. The number of rotatable bonds is 22. The second-order valence-electron chi connectivity index (χ2n) is 12.6. The molecule has 0 aliphatic rings. The number of unbranched alkanes of at least 4 members (excludes halogenated alkanes) is 1. The van der Waals surface area contributed by atoms with Gasteiger partial charge in [-0.1, -0.05) is 66.9 Å². The van der Waals surface area contributed by atoms with Crippen molar-refractivity contribution in [2.24, 2.45) is 5.92 Å². The van der Waals surface area contributed by atoms with Crippen molar-refractivity contribution < 1.29 is 24.5 Å². The first-order valence-electron chi connectivity index (χ1n) is 16.4. The maximum absolute atomic E-state index is 12.1. The Bertz CT molecular complexity index is 1160. The molecule has 0 unspecified atom stereocenters. The molecule has 0 heterocycles. The fourth-order valence-corrected chi connectivity index (χ4v) is 5.54. The maximum Gasteiger partial charge on any atom is 0.306 e. The summed E-state index contributed by atoms with van der Waals surface area (Å²) in [5.74, 6) is 0.00875. The number of allylic oxidation sites excluding steroid dienone is 8. The quantitative estimate of drug-likeness (QED) is 0.0410. The number of aryl methyl sites for hydroxylation is 1. The molecule has 0 aliphatic carbocycles. The summed E-state index contributed by atoms with van der Waals surface area (Å²) < 4.78 is 6.01. The lowest BCUT2D eigenvalue weighted by Gasteiger charge is -2.07. The Hall–Kier alpha value is -2.35. The Kier molecular flexibility index (Phi) is 20.8. The highest BCUT2D eigenvalue weighted by molar-refractivity contribution is 14.1. The molecular weight excluding hydrogens is 663 g/mol. The number of ketones is 1. The van der Waals surface area contributed by atoms with Crippen LogP contribution in [0.5, 0.6) is 11.5 Å². The highest BCUT2D eigenvalue weighted by atomic mass is 127. The molecule has 0 atom stereocenters. The summed E-state index contributed by atoms with van der Waals surface area (Å²) in [5.41, 5.74) is 6.44. The van der Waals surface area contributed by atoms with Gasteiger partial charge < -0.3 is 14.9 Å². The van der Waals surface area contributed by atoms with Gasteiger partial charge >= 0.3 is 5.97 Å². The van der Waals surface area contributed by atoms with E-state index in [0.717, 1.165) is 59.1 Å². The number of esters is 1. The standard InChI is InChI=1S/C38H57IO5/c1-28(2)13-9-16-31(5)19-10-17-29(3)14-7-8-15-30(4)18-11-20-32(6)23-24-38(43)44-27-34(40)22-12-21-33-25-36(41)37(42)26-35(33)39/h14-15,19-20,25-26,28,41-42H,7-13,16-18,21-24,27H2,1-6H3/b29-14+,30-15+,31-19-,32-20+. The summed E-state index contributed by atoms with van der Waals surface area (Å²) in [7, 11) is 0. The fourth-order valence-electron chi connectivity index (χ4n) is 4.82. The van der Waals surface area contributed by atoms with Gasteiger partial charge in [-0.3, -0.25) is 9.59 Å². The smallest absolute Gasteiger partial charge is 0.306 e. The summed E-state index contributed by atoms with van der Waals surface area (Å²) in [4.78, 5) is 24.2. The van der Waals surface area contributed by atoms with Gasteiger partial charge in [0.1, 0.15) is 6.61 Å². The second-order valence-corrected chi connectivity index (χ2v) is 13.8. The van der Waals surface area contributed by atoms with Gasteiger partial charge in [-0.25, -0.2) is 0 Å². The molecule has 0 saturated heterocycles. The largest absolute Gasteiger partial charge is 0.504 e. The molecule has 0 aromatic heterocycles. The number of hydrogen-bond donors (Lipinski definition) is 2. The first-order chi connectivity index (χ1) is 20.9. The fraction of sp³-hybridized carbons (Fsp3) is 0.579. The van der Waals surface area contributed by atoms with E-state index in [2.05, 4.69) is 81.5 Å². The average molecular weight is 721 g/mol. The van der Waals surface area contributed by atoms with Crippen molar-refractivity contribution in [2.75, 3.05) is 6.61 Å². The van der Waals surface area contributed by atoms with Crippen LogP contribution in [0.2, 0.25) is 0 Å². The molecule has 5 nitrogen and oxygen atoms in total. The number of ether oxygens (including phenoxy) is 1. The SMILES string of the molecule is C/C(=C/CC/C(C)=C/CC/C=C(\C)CC/C=C(\C)CCC(=O)OCC(=O)CCCc1cc(O)c(O)cc1I)CCCC(C)C.